The van der Waals surface area contributed by atoms with Crippen molar-refractivity contribution in [2.24, 2.45) is 10.8 Å². The highest BCUT2D eigenvalue weighted by Crippen LogP contribution is 2.21. The Balaban J connectivity index is 2.87. The van der Waals surface area contributed by atoms with Crippen LogP contribution in [-0.4, -0.2) is 18.9 Å². The third kappa shape index (κ3) is 4.57. The molecule has 5 nitrogen and oxygen atoms in total. The molecule has 0 radical (unpaired) electrons. The zero-order valence-electron chi connectivity index (χ0n) is 8.81. The third-order valence-electron chi connectivity index (χ3n) is 1.66. The number of benzene rings is 1. The lowest BCUT2D eigenvalue weighted by molar-refractivity contribution is 0.249. The Morgan fingerprint density at radius 1 is 1.71 bits per heavy atom. The molecule has 1 rings (SSSR count). The van der Waals surface area contributed by atoms with Crippen LogP contribution in [0.5, 0.6) is 5.75 Å². The van der Waals surface area contributed by atoms with Gasteiger partial charge in [0.1, 0.15) is 12.4 Å². The molecule has 0 fully saturated rings. The molecule has 17 heavy (non-hydrogen) atoms. The molecule has 0 aliphatic carbocycles. The summed E-state index contributed by atoms with van der Waals surface area (Å²) in [6.07, 6.45) is 6.52. The van der Waals surface area contributed by atoms with Crippen LogP contribution in [0.3, 0.4) is 0 Å². The Labute approximate surface area is 107 Å². The Kier molecular flexibility index (Phi) is 5.04. The molecule has 1 aromatic carbocycles. The first-order chi connectivity index (χ1) is 8.13. The van der Waals surface area contributed by atoms with Gasteiger partial charge in [0.05, 0.1) is 6.21 Å². The standard InChI is InChI=1S/C11H10BrN3O2/c1-2-5-17-10-4-3-9(12)6-8(10)7-14-15-11(13)16/h1,3-4,6-7H,5H2,(H3,13,15,16)/b14-7+. The third-order valence-corrected chi connectivity index (χ3v) is 2.15. The summed E-state index contributed by atoms with van der Waals surface area (Å²) < 4.78 is 6.16. The van der Waals surface area contributed by atoms with Gasteiger partial charge in [0, 0.05) is 10.0 Å². The Hall–Kier alpha value is -2.00. The van der Waals surface area contributed by atoms with Crippen molar-refractivity contribution in [2.45, 2.75) is 0 Å². The molecule has 0 aliphatic heterocycles. The van der Waals surface area contributed by atoms with Gasteiger partial charge in [-0.25, -0.2) is 10.2 Å². The number of hydrazone groups is 1. The summed E-state index contributed by atoms with van der Waals surface area (Å²) in [5.74, 6) is 2.93. The molecular formula is C11H10BrN3O2. The van der Waals surface area contributed by atoms with Crippen LogP contribution in [0.1, 0.15) is 5.56 Å². The number of carbonyl (C=O) groups excluding carboxylic acids is 1. The zero-order chi connectivity index (χ0) is 12.7. The van der Waals surface area contributed by atoms with Crippen LogP contribution < -0.4 is 15.9 Å². The van der Waals surface area contributed by atoms with Crippen molar-refractivity contribution in [2.75, 3.05) is 6.61 Å². The molecule has 1 aromatic rings. The average Bonchev–Trinajstić information content (AvgIpc) is 2.27. The highest BCUT2D eigenvalue weighted by molar-refractivity contribution is 9.10. The first-order valence-corrected chi connectivity index (χ1v) is 5.37. The van der Waals surface area contributed by atoms with Crippen LogP contribution in [0.25, 0.3) is 0 Å². The van der Waals surface area contributed by atoms with E-state index in [9.17, 15) is 4.79 Å². The molecule has 0 spiro atoms. The first-order valence-electron chi connectivity index (χ1n) is 4.58. The van der Waals surface area contributed by atoms with Crippen LogP contribution in [-0.2, 0) is 0 Å². The summed E-state index contributed by atoms with van der Waals surface area (Å²) in [4.78, 5) is 10.4. The summed E-state index contributed by atoms with van der Waals surface area (Å²) in [6, 6.07) is 4.60. The predicted octanol–water partition coefficient (Wildman–Crippen LogP) is 1.46. The van der Waals surface area contributed by atoms with Gasteiger partial charge in [-0.3, -0.25) is 0 Å². The molecule has 0 saturated carbocycles. The zero-order valence-corrected chi connectivity index (χ0v) is 10.4. The topological polar surface area (TPSA) is 76.7 Å². The van der Waals surface area contributed by atoms with E-state index >= 15 is 0 Å². The second-order valence-electron chi connectivity index (χ2n) is 2.91. The number of rotatable bonds is 4. The van der Waals surface area contributed by atoms with Gasteiger partial charge in [0.25, 0.3) is 0 Å². The maximum atomic E-state index is 10.4. The molecule has 3 N–H and O–H groups in total. The molecule has 0 saturated heterocycles. The van der Waals surface area contributed by atoms with Crippen molar-refractivity contribution >= 4 is 28.2 Å². The van der Waals surface area contributed by atoms with E-state index in [1.807, 2.05) is 6.07 Å². The maximum absolute atomic E-state index is 10.4. The fraction of sp³-hybridized carbons (Fsp3) is 0.0909. The minimum Gasteiger partial charge on any atom is -0.480 e. The number of primary amides is 1. The van der Waals surface area contributed by atoms with E-state index in [0.717, 1.165) is 4.47 Å². The fourth-order valence-corrected chi connectivity index (χ4v) is 1.42. The average molecular weight is 296 g/mol. The van der Waals surface area contributed by atoms with E-state index in [2.05, 4.69) is 32.4 Å². The fourth-order valence-electron chi connectivity index (χ4n) is 1.04. The minimum atomic E-state index is -0.734. The molecule has 0 aliphatic rings. The summed E-state index contributed by atoms with van der Waals surface area (Å²) in [6.45, 7) is 0.158. The van der Waals surface area contributed by atoms with Crippen LogP contribution in [0.4, 0.5) is 4.79 Å². The van der Waals surface area contributed by atoms with Crippen LogP contribution >= 0.6 is 15.9 Å². The van der Waals surface area contributed by atoms with Gasteiger partial charge in [-0.15, -0.1) is 6.42 Å². The molecule has 0 unspecified atom stereocenters. The second kappa shape index (κ2) is 6.55. The van der Waals surface area contributed by atoms with E-state index in [1.54, 1.807) is 12.1 Å². The molecule has 0 atom stereocenters. The number of urea groups is 1. The molecule has 6 heteroatoms. The van der Waals surface area contributed by atoms with E-state index < -0.39 is 6.03 Å². The number of amides is 2. The highest BCUT2D eigenvalue weighted by Gasteiger charge is 2.02. The molecule has 2 amide bonds. The number of terminal acetylenes is 1. The highest BCUT2D eigenvalue weighted by atomic mass is 79.9. The van der Waals surface area contributed by atoms with Gasteiger partial charge < -0.3 is 10.5 Å². The van der Waals surface area contributed by atoms with Crippen LogP contribution in [0, 0.1) is 12.3 Å². The summed E-state index contributed by atoms with van der Waals surface area (Å²) in [5.41, 5.74) is 7.64. The van der Waals surface area contributed by atoms with Crippen molar-refractivity contribution in [3.63, 3.8) is 0 Å². The molecule has 0 aromatic heterocycles. The van der Waals surface area contributed by atoms with Crippen molar-refractivity contribution < 1.29 is 9.53 Å². The van der Waals surface area contributed by atoms with E-state index in [0.29, 0.717) is 11.3 Å². The van der Waals surface area contributed by atoms with Crippen molar-refractivity contribution in [1.82, 2.24) is 5.43 Å². The number of nitrogens with zero attached hydrogens (tertiary/aromatic N) is 1. The summed E-state index contributed by atoms with van der Waals surface area (Å²) in [5, 5.41) is 3.65. The number of nitrogens with two attached hydrogens (primary N) is 1. The predicted molar refractivity (Wildman–Crippen MR) is 68.8 cm³/mol. The monoisotopic (exact) mass is 295 g/mol. The molecule has 0 bridgehead atoms. The Morgan fingerprint density at radius 3 is 3.12 bits per heavy atom. The van der Waals surface area contributed by atoms with Crippen molar-refractivity contribution in [3.05, 3.63) is 28.2 Å². The molecular weight excluding hydrogens is 286 g/mol. The van der Waals surface area contributed by atoms with E-state index in [1.165, 1.54) is 6.21 Å². The maximum Gasteiger partial charge on any atom is 0.332 e. The van der Waals surface area contributed by atoms with Gasteiger partial charge in [0.15, 0.2) is 0 Å². The van der Waals surface area contributed by atoms with Crippen LogP contribution in [0.15, 0.2) is 27.8 Å². The summed E-state index contributed by atoms with van der Waals surface area (Å²) in [7, 11) is 0. The SMILES string of the molecule is C#CCOc1ccc(Br)cc1/C=N/NC(N)=O. The number of carbonyl (C=O) groups is 1. The number of hydrogen-bond acceptors (Lipinski definition) is 3. The lowest BCUT2D eigenvalue weighted by Crippen LogP contribution is -2.24. The smallest absolute Gasteiger partial charge is 0.332 e. The molecule has 0 heterocycles. The minimum absolute atomic E-state index is 0.158. The summed E-state index contributed by atoms with van der Waals surface area (Å²) >= 11 is 3.32. The largest absolute Gasteiger partial charge is 0.480 e. The lowest BCUT2D eigenvalue weighted by atomic mass is 10.2. The van der Waals surface area contributed by atoms with Gasteiger partial charge in [-0.1, -0.05) is 21.9 Å². The van der Waals surface area contributed by atoms with Gasteiger partial charge in [-0.05, 0) is 18.2 Å². The molecule has 88 valence electrons. The number of hydrogen-bond donors (Lipinski definition) is 2. The van der Waals surface area contributed by atoms with Crippen molar-refractivity contribution in [3.8, 4) is 18.1 Å². The quantitative estimate of drug-likeness (QED) is 0.501. The lowest BCUT2D eigenvalue weighted by Gasteiger charge is -2.06. The Morgan fingerprint density at radius 2 is 2.47 bits per heavy atom. The Bertz CT molecular complexity index is 480. The number of nitrogens with one attached hydrogen (secondary N) is 1. The van der Waals surface area contributed by atoms with E-state index in [-0.39, 0.29) is 6.61 Å². The van der Waals surface area contributed by atoms with Gasteiger partial charge in [0.2, 0.25) is 0 Å². The first kappa shape index (κ1) is 13.1. The second-order valence-corrected chi connectivity index (χ2v) is 3.82. The number of halogens is 1. The van der Waals surface area contributed by atoms with Gasteiger partial charge >= 0.3 is 6.03 Å². The van der Waals surface area contributed by atoms with Crippen LogP contribution in [0.2, 0.25) is 0 Å². The van der Waals surface area contributed by atoms with Gasteiger partial charge in [-0.2, -0.15) is 5.10 Å². The normalized spacial score (nSPS) is 9.88. The van der Waals surface area contributed by atoms with Crippen molar-refractivity contribution in [1.29, 1.82) is 0 Å². The van der Waals surface area contributed by atoms with E-state index in [4.69, 9.17) is 16.9 Å². The number of ether oxygens (including phenoxy) is 1.